The highest BCUT2D eigenvalue weighted by Gasteiger charge is 2.26. The van der Waals surface area contributed by atoms with Gasteiger partial charge in [0.15, 0.2) is 0 Å². The van der Waals surface area contributed by atoms with Crippen LogP contribution in [-0.2, 0) is 0 Å². The molecule has 6 nitrogen and oxygen atoms in total. The quantitative estimate of drug-likeness (QED) is 0.467. The smallest absolute Gasteiger partial charge is 0.258 e. The van der Waals surface area contributed by atoms with Crippen molar-refractivity contribution in [3.63, 3.8) is 0 Å². The molecule has 0 spiro atoms. The van der Waals surface area contributed by atoms with Crippen molar-refractivity contribution in [3.05, 3.63) is 113 Å². The number of allylic oxidation sites excluding steroid dienone is 1. The number of halogens is 1. The maximum atomic E-state index is 12.6. The van der Waals surface area contributed by atoms with E-state index in [4.69, 9.17) is 11.6 Å². The van der Waals surface area contributed by atoms with Gasteiger partial charge in [-0.15, -0.1) is 5.10 Å². The van der Waals surface area contributed by atoms with Crippen molar-refractivity contribution in [2.24, 2.45) is 0 Å². The Hall–Kier alpha value is -3.90. The number of benzene rings is 3. The van der Waals surface area contributed by atoms with E-state index in [1.807, 2.05) is 72.8 Å². The second-order valence-corrected chi connectivity index (χ2v) is 7.53. The SMILES string of the molecule is O=C(Nc1nc2n(n1)[C@H](c1ccc(Cl)cc1)C=C(c1ccccc1)N2)c1ccccc1. The first-order chi connectivity index (χ1) is 15.2. The van der Waals surface area contributed by atoms with Crippen LogP contribution < -0.4 is 10.6 Å². The Labute approximate surface area is 184 Å². The molecule has 1 aliphatic rings. The summed E-state index contributed by atoms with van der Waals surface area (Å²) >= 11 is 6.08. The Morgan fingerprint density at radius 3 is 2.32 bits per heavy atom. The van der Waals surface area contributed by atoms with Gasteiger partial charge in [-0.05, 0) is 41.5 Å². The van der Waals surface area contributed by atoms with Gasteiger partial charge < -0.3 is 5.32 Å². The van der Waals surface area contributed by atoms with E-state index < -0.39 is 0 Å². The minimum absolute atomic E-state index is 0.210. The molecule has 1 aliphatic heterocycles. The van der Waals surface area contributed by atoms with Crippen LogP contribution in [0.1, 0.15) is 27.5 Å². The minimum Gasteiger partial charge on any atom is -0.324 e. The first-order valence-electron chi connectivity index (χ1n) is 9.80. The van der Waals surface area contributed by atoms with Gasteiger partial charge in [0, 0.05) is 16.3 Å². The summed E-state index contributed by atoms with van der Waals surface area (Å²) in [5.74, 6) is 0.519. The summed E-state index contributed by atoms with van der Waals surface area (Å²) < 4.78 is 1.76. The van der Waals surface area contributed by atoms with Crippen molar-refractivity contribution in [2.75, 3.05) is 10.6 Å². The molecule has 1 aromatic heterocycles. The molecule has 0 fully saturated rings. The van der Waals surface area contributed by atoms with E-state index in [1.165, 1.54) is 0 Å². The predicted molar refractivity (Wildman–Crippen MR) is 122 cm³/mol. The number of amides is 1. The molecule has 31 heavy (non-hydrogen) atoms. The van der Waals surface area contributed by atoms with E-state index in [0.29, 0.717) is 16.5 Å². The number of nitrogens with one attached hydrogen (secondary N) is 2. The van der Waals surface area contributed by atoms with Gasteiger partial charge in [0.2, 0.25) is 5.95 Å². The van der Waals surface area contributed by atoms with Crippen molar-refractivity contribution in [3.8, 4) is 0 Å². The van der Waals surface area contributed by atoms with Gasteiger partial charge in [-0.2, -0.15) is 4.98 Å². The number of anilines is 2. The third-order valence-corrected chi connectivity index (χ3v) is 5.28. The summed E-state index contributed by atoms with van der Waals surface area (Å²) in [5.41, 5.74) is 3.50. The zero-order valence-electron chi connectivity index (χ0n) is 16.4. The number of rotatable bonds is 4. The lowest BCUT2D eigenvalue weighted by atomic mass is 10.0. The lowest BCUT2D eigenvalue weighted by Crippen LogP contribution is -2.20. The normalized spacial score (nSPS) is 14.9. The number of carbonyl (C=O) groups is 1. The van der Waals surface area contributed by atoms with E-state index >= 15 is 0 Å². The zero-order valence-corrected chi connectivity index (χ0v) is 17.1. The van der Waals surface area contributed by atoms with Crippen LogP contribution in [0.4, 0.5) is 11.9 Å². The van der Waals surface area contributed by atoms with Gasteiger partial charge in [0.25, 0.3) is 11.9 Å². The average Bonchev–Trinajstić information content (AvgIpc) is 3.22. The Kier molecular flexibility index (Phi) is 4.98. The van der Waals surface area contributed by atoms with Crippen LogP contribution in [-0.4, -0.2) is 20.7 Å². The van der Waals surface area contributed by atoms with Crippen LogP contribution in [0.2, 0.25) is 5.02 Å². The summed E-state index contributed by atoms with van der Waals surface area (Å²) in [7, 11) is 0. The molecule has 0 radical (unpaired) electrons. The molecule has 2 N–H and O–H groups in total. The summed E-state index contributed by atoms with van der Waals surface area (Å²) in [5, 5.41) is 11.3. The van der Waals surface area contributed by atoms with Gasteiger partial charge in [-0.25, -0.2) is 4.68 Å². The molecule has 0 unspecified atom stereocenters. The van der Waals surface area contributed by atoms with Crippen LogP contribution in [0, 0.1) is 0 Å². The summed E-state index contributed by atoms with van der Waals surface area (Å²) in [6.07, 6.45) is 2.09. The van der Waals surface area contributed by atoms with Crippen molar-refractivity contribution < 1.29 is 4.79 Å². The van der Waals surface area contributed by atoms with E-state index in [2.05, 4.69) is 26.8 Å². The topological polar surface area (TPSA) is 71.8 Å². The molecule has 152 valence electrons. The zero-order chi connectivity index (χ0) is 21.2. The Balaban J connectivity index is 1.51. The van der Waals surface area contributed by atoms with Crippen LogP contribution in [0.25, 0.3) is 5.70 Å². The first kappa shape index (κ1) is 19.1. The Morgan fingerprint density at radius 2 is 1.61 bits per heavy atom. The van der Waals surface area contributed by atoms with Gasteiger partial charge in [0.05, 0.1) is 0 Å². The minimum atomic E-state index is -0.261. The highest BCUT2D eigenvalue weighted by atomic mass is 35.5. The monoisotopic (exact) mass is 427 g/mol. The largest absolute Gasteiger partial charge is 0.324 e. The van der Waals surface area contributed by atoms with Crippen molar-refractivity contribution >= 4 is 35.1 Å². The van der Waals surface area contributed by atoms with Gasteiger partial charge >= 0.3 is 0 Å². The molecule has 5 rings (SSSR count). The molecule has 0 bridgehead atoms. The molecule has 1 atom stereocenters. The summed E-state index contributed by atoms with van der Waals surface area (Å²) in [6, 6.07) is 26.4. The number of nitrogens with zero attached hydrogens (tertiary/aromatic N) is 3. The molecule has 3 aromatic carbocycles. The van der Waals surface area contributed by atoms with Gasteiger partial charge in [-0.3, -0.25) is 10.1 Å². The fourth-order valence-electron chi connectivity index (χ4n) is 3.49. The van der Waals surface area contributed by atoms with Crippen LogP contribution >= 0.6 is 11.6 Å². The maximum Gasteiger partial charge on any atom is 0.258 e. The number of aromatic nitrogens is 3. The number of fused-ring (bicyclic) bond motifs is 1. The average molecular weight is 428 g/mol. The predicted octanol–water partition coefficient (Wildman–Crippen LogP) is 5.24. The number of carbonyl (C=O) groups excluding carboxylic acids is 1. The second kappa shape index (κ2) is 8.08. The van der Waals surface area contributed by atoms with Crippen molar-refractivity contribution in [1.29, 1.82) is 0 Å². The fourth-order valence-corrected chi connectivity index (χ4v) is 3.62. The number of hydrogen-bond acceptors (Lipinski definition) is 4. The van der Waals surface area contributed by atoms with Crippen molar-refractivity contribution in [2.45, 2.75) is 6.04 Å². The molecule has 7 heteroatoms. The highest BCUT2D eigenvalue weighted by Crippen LogP contribution is 2.33. The Bertz CT molecular complexity index is 1250. The molecule has 4 aromatic rings. The summed E-state index contributed by atoms with van der Waals surface area (Å²) in [4.78, 5) is 17.1. The van der Waals surface area contributed by atoms with E-state index in [1.54, 1.807) is 16.8 Å². The molecular weight excluding hydrogens is 410 g/mol. The molecule has 0 aliphatic carbocycles. The molecule has 1 amide bonds. The lowest BCUT2D eigenvalue weighted by Gasteiger charge is -2.24. The third-order valence-electron chi connectivity index (χ3n) is 5.02. The summed E-state index contributed by atoms with van der Waals surface area (Å²) in [6.45, 7) is 0. The molecule has 0 saturated carbocycles. The van der Waals surface area contributed by atoms with E-state index in [0.717, 1.165) is 16.8 Å². The molecule has 0 saturated heterocycles. The number of hydrogen-bond donors (Lipinski definition) is 2. The molecule has 2 heterocycles. The van der Waals surface area contributed by atoms with Crippen molar-refractivity contribution in [1.82, 2.24) is 14.8 Å². The first-order valence-corrected chi connectivity index (χ1v) is 10.2. The van der Waals surface area contributed by atoms with E-state index in [9.17, 15) is 4.79 Å². The maximum absolute atomic E-state index is 12.6. The second-order valence-electron chi connectivity index (χ2n) is 7.09. The van der Waals surface area contributed by atoms with E-state index in [-0.39, 0.29) is 17.9 Å². The fraction of sp³-hybridized carbons (Fsp3) is 0.0417. The highest BCUT2D eigenvalue weighted by molar-refractivity contribution is 6.30. The lowest BCUT2D eigenvalue weighted by molar-refractivity contribution is 0.102. The van der Waals surface area contributed by atoms with Crippen LogP contribution in [0.15, 0.2) is 91.0 Å². The van der Waals surface area contributed by atoms with Gasteiger partial charge in [-0.1, -0.05) is 72.3 Å². The Morgan fingerprint density at radius 1 is 0.935 bits per heavy atom. The van der Waals surface area contributed by atoms with Crippen LogP contribution in [0.5, 0.6) is 0 Å². The van der Waals surface area contributed by atoms with Gasteiger partial charge in [0.1, 0.15) is 6.04 Å². The standard InChI is InChI=1S/C24H18ClN5O/c25-19-13-11-17(12-14-19)21-15-20(16-7-3-1-4-8-16)26-24-28-23(29-30(21)24)27-22(31)18-9-5-2-6-10-18/h1-15,21H,(H2,26,27,28,29,31)/t21-/m0/s1. The third kappa shape index (κ3) is 3.93. The molecular formula is C24H18ClN5O. The van der Waals surface area contributed by atoms with Crippen LogP contribution in [0.3, 0.4) is 0 Å².